The van der Waals surface area contributed by atoms with E-state index >= 15 is 0 Å². The third-order valence-electron chi connectivity index (χ3n) is 4.10. The summed E-state index contributed by atoms with van der Waals surface area (Å²) in [5, 5.41) is 13.6. The number of thiophene rings is 1. The fourth-order valence-electron chi connectivity index (χ4n) is 2.63. The molecule has 3 N–H and O–H groups in total. The fourth-order valence-corrected chi connectivity index (χ4v) is 4.05. The normalized spacial score (nSPS) is 12.0. The van der Waals surface area contributed by atoms with Crippen LogP contribution in [-0.2, 0) is 11.4 Å². The SMILES string of the molecule is Cc1ccc(OCc2nnc(SCC(=O)N[C@@H](C)c3cccs3)n2N)c(C)c1. The molecule has 0 aliphatic rings. The van der Waals surface area contributed by atoms with Gasteiger partial charge in [-0.2, -0.15) is 0 Å². The second-order valence-electron chi connectivity index (χ2n) is 6.42. The quantitative estimate of drug-likeness (QED) is 0.432. The van der Waals surface area contributed by atoms with Gasteiger partial charge in [-0.1, -0.05) is 35.5 Å². The van der Waals surface area contributed by atoms with E-state index in [-0.39, 0.29) is 24.3 Å². The number of amides is 1. The van der Waals surface area contributed by atoms with E-state index in [0.29, 0.717) is 11.0 Å². The molecule has 0 saturated carbocycles. The molecule has 0 unspecified atom stereocenters. The molecule has 0 saturated heterocycles. The molecule has 2 heterocycles. The molecule has 28 heavy (non-hydrogen) atoms. The Kier molecular flexibility index (Phi) is 6.58. The molecular formula is C19H23N5O2S2. The number of thioether (sulfide) groups is 1. The Morgan fingerprint density at radius 2 is 2.18 bits per heavy atom. The summed E-state index contributed by atoms with van der Waals surface area (Å²) in [6.45, 7) is 6.19. The number of aromatic nitrogens is 3. The summed E-state index contributed by atoms with van der Waals surface area (Å²) in [6, 6.07) is 9.92. The van der Waals surface area contributed by atoms with E-state index in [2.05, 4.69) is 21.6 Å². The molecule has 2 aromatic heterocycles. The second-order valence-corrected chi connectivity index (χ2v) is 8.34. The highest BCUT2D eigenvalue weighted by atomic mass is 32.2. The van der Waals surface area contributed by atoms with Gasteiger partial charge in [0.25, 0.3) is 0 Å². The van der Waals surface area contributed by atoms with Crippen molar-refractivity contribution in [2.45, 2.75) is 38.6 Å². The lowest BCUT2D eigenvalue weighted by Gasteiger charge is -2.12. The summed E-state index contributed by atoms with van der Waals surface area (Å²) in [5.74, 6) is 7.46. The van der Waals surface area contributed by atoms with Gasteiger partial charge in [-0.05, 0) is 43.8 Å². The fraction of sp³-hybridized carbons (Fsp3) is 0.316. The van der Waals surface area contributed by atoms with Gasteiger partial charge in [-0.25, -0.2) is 4.68 Å². The number of hydrogen-bond acceptors (Lipinski definition) is 7. The van der Waals surface area contributed by atoms with Crippen molar-refractivity contribution in [2.24, 2.45) is 0 Å². The van der Waals surface area contributed by atoms with E-state index in [1.54, 1.807) is 11.3 Å². The number of nitrogens with one attached hydrogen (secondary N) is 1. The van der Waals surface area contributed by atoms with E-state index in [0.717, 1.165) is 16.2 Å². The van der Waals surface area contributed by atoms with Crippen LogP contribution in [-0.4, -0.2) is 26.5 Å². The van der Waals surface area contributed by atoms with Gasteiger partial charge >= 0.3 is 0 Å². The maximum Gasteiger partial charge on any atom is 0.230 e. The largest absolute Gasteiger partial charge is 0.485 e. The maximum absolute atomic E-state index is 12.2. The summed E-state index contributed by atoms with van der Waals surface area (Å²) in [7, 11) is 0. The van der Waals surface area contributed by atoms with Crippen molar-refractivity contribution in [1.82, 2.24) is 20.2 Å². The minimum absolute atomic E-state index is 0.0226. The molecule has 1 amide bonds. The van der Waals surface area contributed by atoms with E-state index in [4.69, 9.17) is 10.6 Å². The Morgan fingerprint density at radius 1 is 1.36 bits per heavy atom. The number of nitrogen functional groups attached to an aromatic ring is 1. The van der Waals surface area contributed by atoms with Crippen LogP contribution in [0.1, 0.15) is 34.8 Å². The topological polar surface area (TPSA) is 95.1 Å². The summed E-state index contributed by atoms with van der Waals surface area (Å²) in [5.41, 5.74) is 2.23. The lowest BCUT2D eigenvalue weighted by molar-refractivity contribution is -0.119. The van der Waals surface area contributed by atoms with Gasteiger partial charge in [-0.3, -0.25) is 4.79 Å². The van der Waals surface area contributed by atoms with Crippen molar-refractivity contribution in [1.29, 1.82) is 0 Å². The third kappa shape index (κ3) is 5.05. The van der Waals surface area contributed by atoms with Crippen LogP contribution in [0.25, 0.3) is 0 Å². The van der Waals surface area contributed by atoms with Crippen LogP contribution in [0.15, 0.2) is 40.9 Å². The number of aryl methyl sites for hydroxylation is 2. The molecule has 0 bridgehead atoms. The van der Waals surface area contributed by atoms with Gasteiger partial charge in [0.2, 0.25) is 11.1 Å². The number of carbonyl (C=O) groups is 1. The monoisotopic (exact) mass is 417 g/mol. The van der Waals surface area contributed by atoms with E-state index < -0.39 is 0 Å². The first kappa shape index (κ1) is 20.2. The molecule has 0 fully saturated rings. The van der Waals surface area contributed by atoms with Gasteiger partial charge in [0, 0.05) is 4.88 Å². The highest BCUT2D eigenvalue weighted by Gasteiger charge is 2.15. The first-order valence-corrected chi connectivity index (χ1v) is 10.7. The van der Waals surface area contributed by atoms with Crippen LogP contribution < -0.4 is 15.9 Å². The maximum atomic E-state index is 12.2. The van der Waals surface area contributed by atoms with Crippen molar-refractivity contribution >= 4 is 29.0 Å². The smallest absolute Gasteiger partial charge is 0.230 e. The number of ether oxygens (including phenoxy) is 1. The molecule has 0 spiro atoms. The van der Waals surface area contributed by atoms with Crippen LogP contribution in [0.2, 0.25) is 0 Å². The Bertz CT molecular complexity index is 940. The Morgan fingerprint density at radius 3 is 2.89 bits per heavy atom. The zero-order valence-electron chi connectivity index (χ0n) is 16.0. The van der Waals surface area contributed by atoms with E-state index in [1.165, 1.54) is 22.0 Å². The Labute approximate surface area is 172 Å². The van der Waals surface area contributed by atoms with Crippen molar-refractivity contribution in [3.63, 3.8) is 0 Å². The number of nitrogens with two attached hydrogens (primary N) is 1. The molecule has 3 rings (SSSR count). The van der Waals surface area contributed by atoms with Gasteiger partial charge in [0.05, 0.1) is 11.8 Å². The predicted molar refractivity (Wildman–Crippen MR) is 112 cm³/mol. The zero-order chi connectivity index (χ0) is 20.1. The van der Waals surface area contributed by atoms with Gasteiger partial charge in [-0.15, -0.1) is 21.5 Å². The summed E-state index contributed by atoms with van der Waals surface area (Å²) < 4.78 is 7.17. The summed E-state index contributed by atoms with van der Waals surface area (Å²) in [4.78, 5) is 13.3. The minimum atomic E-state index is -0.0815. The molecule has 7 nitrogen and oxygen atoms in total. The van der Waals surface area contributed by atoms with Crippen LogP contribution in [0, 0.1) is 13.8 Å². The number of benzene rings is 1. The first-order chi connectivity index (χ1) is 13.4. The second kappa shape index (κ2) is 9.11. The van der Waals surface area contributed by atoms with Crippen LogP contribution in [0.4, 0.5) is 0 Å². The van der Waals surface area contributed by atoms with Gasteiger partial charge in [0.1, 0.15) is 12.4 Å². The van der Waals surface area contributed by atoms with Crippen molar-refractivity contribution in [2.75, 3.05) is 11.6 Å². The standard InChI is InChI=1S/C19H23N5O2S2/c1-12-6-7-15(13(2)9-12)26-10-17-22-23-19(24(17)20)28-11-18(25)21-14(3)16-5-4-8-27-16/h4-9,14H,10-11,20H2,1-3H3,(H,21,25)/t14-/m0/s1. The molecule has 0 aliphatic carbocycles. The summed E-state index contributed by atoms with van der Waals surface area (Å²) in [6.07, 6.45) is 0. The molecule has 0 aliphatic heterocycles. The number of nitrogens with zero attached hydrogens (tertiary/aromatic N) is 3. The average Bonchev–Trinajstić information content (AvgIpc) is 3.30. The predicted octanol–water partition coefficient (Wildman–Crippen LogP) is 3.22. The van der Waals surface area contributed by atoms with E-state index in [1.807, 2.05) is 50.4 Å². The lowest BCUT2D eigenvalue weighted by atomic mass is 10.1. The highest BCUT2D eigenvalue weighted by molar-refractivity contribution is 7.99. The van der Waals surface area contributed by atoms with Gasteiger partial charge < -0.3 is 15.9 Å². The number of carbonyl (C=O) groups excluding carboxylic acids is 1. The van der Waals surface area contributed by atoms with Gasteiger partial charge in [0.15, 0.2) is 5.82 Å². The Balaban J connectivity index is 1.52. The molecule has 1 aromatic carbocycles. The zero-order valence-corrected chi connectivity index (χ0v) is 17.6. The van der Waals surface area contributed by atoms with Crippen molar-refractivity contribution in [3.8, 4) is 5.75 Å². The average molecular weight is 418 g/mol. The number of rotatable bonds is 8. The molecule has 0 radical (unpaired) electrons. The molecule has 148 valence electrons. The molecule has 1 atom stereocenters. The lowest BCUT2D eigenvalue weighted by Crippen LogP contribution is -2.28. The summed E-state index contributed by atoms with van der Waals surface area (Å²) >= 11 is 2.86. The number of hydrogen-bond donors (Lipinski definition) is 2. The third-order valence-corrected chi connectivity index (χ3v) is 6.10. The van der Waals surface area contributed by atoms with Crippen LogP contribution in [0.5, 0.6) is 5.75 Å². The highest BCUT2D eigenvalue weighted by Crippen LogP contribution is 2.21. The molecule has 3 aromatic rings. The Hall–Kier alpha value is -2.52. The molecular weight excluding hydrogens is 394 g/mol. The van der Waals surface area contributed by atoms with Crippen LogP contribution in [0.3, 0.4) is 0 Å². The van der Waals surface area contributed by atoms with Crippen LogP contribution >= 0.6 is 23.1 Å². The van der Waals surface area contributed by atoms with Crippen molar-refractivity contribution in [3.05, 3.63) is 57.5 Å². The molecule has 9 heteroatoms. The minimum Gasteiger partial charge on any atom is -0.485 e. The van der Waals surface area contributed by atoms with E-state index in [9.17, 15) is 4.79 Å². The first-order valence-electron chi connectivity index (χ1n) is 8.79. The van der Waals surface area contributed by atoms with Crippen molar-refractivity contribution < 1.29 is 9.53 Å².